The standard InChI is InChI=1S/C25H25N5O3/c1-15(2)30-24-19(14-27-30)18(25(31)28-16(3)20-6-4-5-9-26-20)13-21(29-24)17-7-8-22-23(12-17)33-11-10-32-22/h4-9,12-16H,10-11H2,1-3H3,(H,28,31)/t16-/m1/s1. The molecule has 33 heavy (non-hydrogen) atoms. The first kappa shape index (κ1) is 20.9. The van der Waals surface area contributed by atoms with Crippen LogP contribution in [0.15, 0.2) is 54.9 Å². The third-order valence-corrected chi connectivity index (χ3v) is 5.62. The van der Waals surface area contributed by atoms with Crippen molar-refractivity contribution in [2.45, 2.75) is 32.9 Å². The summed E-state index contributed by atoms with van der Waals surface area (Å²) in [6.07, 6.45) is 3.42. The molecular weight excluding hydrogens is 418 g/mol. The van der Waals surface area contributed by atoms with Crippen LogP contribution in [0.2, 0.25) is 0 Å². The second kappa shape index (κ2) is 8.54. The maximum absolute atomic E-state index is 13.4. The van der Waals surface area contributed by atoms with Crippen molar-refractivity contribution in [3.05, 3.63) is 66.1 Å². The summed E-state index contributed by atoms with van der Waals surface area (Å²) in [5.74, 6) is 1.18. The van der Waals surface area contributed by atoms with E-state index in [4.69, 9.17) is 14.5 Å². The fourth-order valence-electron chi connectivity index (χ4n) is 3.91. The molecule has 4 aromatic rings. The van der Waals surface area contributed by atoms with Crippen LogP contribution in [0, 0.1) is 0 Å². The number of hydrogen-bond acceptors (Lipinski definition) is 6. The Morgan fingerprint density at radius 2 is 1.88 bits per heavy atom. The molecule has 0 aliphatic carbocycles. The molecule has 0 saturated heterocycles. The van der Waals surface area contributed by atoms with Crippen molar-refractivity contribution in [3.63, 3.8) is 0 Å². The molecule has 0 saturated carbocycles. The molecular formula is C25H25N5O3. The van der Waals surface area contributed by atoms with Gasteiger partial charge in [0.2, 0.25) is 0 Å². The summed E-state index contributed by atoms with van der Waals surface area (Å²) >= 11 is 0. The highest BCUT2D eigenvalue weighted by atomic mass is 16.6. The molecule has 0 fully saturated rings. The smallest absolute Gasteiger partial charge is 0.252 e. The first-order valence-electron chi connectivity index (χ1n) is 11.0. The summed E-state index contributed by atoms with van der Waals surface area (Å²) in [7, 11) is 0. The van der Waals surface area contributed by atoms with Gasteiger partial charge in [-0.25, -0.2) is 9.67 Å². The fourth-order valence-corrected chi connectivity index (χ4v) is 3.91. The largest absolute Gasteiger partial charge is 0.486 e. The van der Waals surface area contributed by atoms with Crippen LogP contribution in [-0.4, -0.2) is 38.9 Å². The maximum atomic E-state index is 13.4. The average Bonchev–Trinajstić information content (AvgIpc) is 3.28. The van der Waals surface area contributed by atoms with Crippen LogP contribution in [-0.2, 0) is 0 Å². The van der Waals surface area contributed by atoms with Crippen LogP contribution in [0.3, 0.4) is 0 Å². The lowest BCUT2D eigenvalue weighted by Crippen LogP contribution is -2.27. The number of nitrogens with zero attached hydrogens (tertiary/aromatic N) is 4. The Bertz CT molecular complexity index is 1320. The van der Waals surface area contributed by atoms with E-state index in [1.54, 1.807) is 18.5 Å². The Hall–Kier alpha value is -3.94. The van der Waals surface area contributed by atoms with E-state index in [1.807, 2.05) is 61.9 Å². The Balaban J connectivity index is 1.58. The number of rotatable bonds is 5. The van der Waals surface area contributed by atoms with Crippen molar-refractivity contribution in [1.82, 2.24) is 25.1 Å². The molecule has 4 heterocycles. The Kier molecular flexibility index (Phi) is 5.42. The first-order valence-corrected chi connectivity index (χ1v) is 11.0. The van der Waals surface area contributed by atoms with Crippen molar-refractivity contribution in [1.29, 1.82) is 0 Å². The van der Waals surface area contributed by atoms with Gasteiger partial charge < -0.3 is 14.8 Å². The van der Waals surface area contributed by atoms with Crippen LogP contribution in [0.1, 0.15) is 48.9 Å². The number of nitrogens with one attached hydrogen (secondary N) is 1. The minimum atomic E-state index is -0.250. The number of aromatic nitrogens is 4. The van der Waals surface area contributed by atoms with Gasteiger partial charge in [-0.15, -0.1) is 0 Å². The highest BCUT2D eigenvalue weighted by Crippen LogP contribution is 2.35. The molecule has 8 heteroatoms. The third-order valence-electron chi connectivity index (χ3n) is 5.62. The molecule has 1 aromatic carbocycles. The quantitative estimate of drug-likeness (QED) is 0.494. The number of hydrogen-bond donors (Lipinski definition) is 1. The van der Waals surface area contributed by atoms with Gasteiger partial charge in [0.1, 0.15) is 13.2 Å². The second-order valence-corrected chi connectivity index (χ2v) is 8.28. The van der Waals surface area contributed by atoms with Crippen LogP contribution in [0.25, 0.3) is 22.3 Å². The predicted octanol–water partition coefficient (Wildman–Crippen LogP) is 4.34. The number of ether oxygens (including phenoxy) is 2. The van der Waals surface area contributed by atoms with Crippen LogP contribution in [0.4, 0.5) is 0 Å². The Morgan fingerprint density at radius 3 is 2.64 bits per heavy atom. The summed E-state index contributed by atoms with van der Waals surface area (Å²) in [5, 5.41) is 8.26. The molecule has 0 radical (unpaired) electrons. The number of carbonyl (C=O) groups is 1. The van der Waals surface area contributed by atoms with E-state index < -0.39 is 0 Å². The molecule has 1 N–H and O–H groups in total. The topological polar surface area (TPSA) is 91.2 Å². The number of benzene rings is 1. The zero-order valence-corrected chi connectivity index (χ0v) is 18.8. The maximum Gasteiger partial charge on any atom is 0.252 e. The van der Waals surface area contributed by atoms with Gasteiger partial charge in [-0.3, -0.25) is 9.78 Å². The lowest BCUT2D eigenvalue weighted by Gasteiger charge is -2.19. The zero-order chi connectivity index (χ0) is 22.9. The van der Waals surface area contributed by atoms with Gasteiger partial charge in [-0.05, 0) is 57.2 Å². The summed E-state index contributed by atoms with van der Waals surface area (Å²) < 4.78 is 13.2. The predicted molar refractivity (Wildman–Crippen MR) is 124 cm³/mol. The molecule has 1 atom stereocenters. The van der Waals surface area contributed by atoms with Crippen LogP contribution < -0.4 is 14.8 Å². The Labute approximate surface area is 191 Å². The molecule has 3 aromatic heterocycles. The molecule has 1 amide bonds. The van der Waals surface area contributed by atoms with E-state index in [-0.39, 0.29) is 18.0 Å². The Morgan fingerprint density at radius 1 is 1.06 bits per heavy atom. The van der Waals surface area contributed by atoms with Gasteiger partial charge in [0.15, 0.2) is 17.1 Å². The van der Waals surface area contributed by atoms with E-state index in [9.17, 15) is 4.79 Å². The van der Waals surface area contributed by atoms with E-state index in [2.05, 4.69) is 15.4 Å². The molecule has 5 rings (SSSR count). The van der Waals surface area contributed by atoms with E-state index >= 15 is 0 Å². The van der Waals surface area contributed by atoms with Crippen molar-refractivity contribution >= 4 is 16.9 Å². The second-order valence-electron chi connectivity index (χ2n) is 8.28. The minimum Gasteiger partial charge on any atom is -0.486 e. The summed E-state index contributed by atoms with van der Waals surface area (Å²) in [6, 6.07) is 13.0. The van der Waals surface area contributed by atoms with Gasteiger partial charge in [0.25, 0.3) is 5.91 Å². The van der Waals surface area contributed by atoms with Crippen molar-refractivity contribution in [3.8, 4) is 22.8 Å². The molecule has 1 aliphatic heterocycles. The number of pyridine rings is 2. The third kappa shape index (κ3) is 4.00. The number of fused-ring (bicyclic) bond motifs is 2. The lowest BCUT2D eigenvalue weighted by molar-refractivity contribution is 0.0940. The normalized spacial score (nSPS) is 13.8. The van der Waals surface area contributed by atoms with Gasteiger partial charge >= 0.3 is 0 Å². The van der Waals surface area contributed by atoms with E-state index in [0.29, 0.717) is 47.0 Å². The summed E-state index contributed by atoms with van der Waals surface area (Å²) in [6.45, 7) is 7.02. The molecule has 0 unspecified atom stereocenters. The van der Waals surface area contributed by atoms with Crippen molar-refractivity contribution < 1.29 is 14.3 Å². The van der Waals surface area contributed by atoms with E-state index in [0.717, 1.165) is 11.3 Å². The fraction of sp³-hybridized carbons (Fsp3) is 0.280. The monoisotopic (exact) mass is 443 g/mol. The molecule has 0 spiro atoms. The van der Waals surface area contributed by atoms with Gasteiger partial charge in [-0.2, -0.15) is 5.10 Å². The molecule has 8 nitrogen and oxygen atoms in total. The lowest BCUT2D eigenvalue weighted by atomic mass is 10.0. The molecule has 1 aliphatic rings. The zero-order valence-electron chi connectivity index (χ0n) is 18.8. The first-order chi connectivity index (χ1) is 16.0. The van der Waals surface area contributed by atoms with Gasteiger partial charge in [0, 0.05) is 17.8 Å². The van der Waals surface area contributed by atoms with Gasteiger partial charge in [-0.1, -0.05) is 6.07 Å². The summed E-state index contributed by atoms with van der Waals surface area (Å²) in [5.41, 5.74) is 3.47. The molecule has 168 valence electrons. The molecule has 0 bridgehead atoms. The SMILES string of the molecule is CC(C)n1ncc2c(C(=O)N[C@H](C)c3ccccn3)cc(-c3ccc4c(c3)OCCO4)nc21. The highest BCUT2D eigenvalue weighted by Gasteiger charge is 2.21. The minimum absolute atomic E-state index is 0.0915. The van der Waals surface area contributed by atoms with Crippen molar-refractivity contribution in [2.75, 3.05) is 13.2 Å². The van der Waals surface area contributed by atoms with Gasteiger partial charge in [0.05, 0.1) is 34.6 Å². The van der Waals surface area contributed by atoms with E-state index in [1.165, 1.54) is 0 Å². The average molecular weight is 444 g/mol. The number of amides is 1. The summed E-state index contributed by atoms with van der Waals surface area (Å²) in [4.78, 5) is 22.6. The van der Waals surface area contributed by atoms with Crippen molar-refractivity contribution in [2.24, 2.45) is 0 Å². The van der Waals surface area contributed by atoms with Crippen LogP contribution >= 0.6 is 0 Å². The highest BCUT2D eigenvalue weighted by molar-refractivity contribution is 6.06. The van der Waals surface area contributed by atoms with Crippen LogP contribution in [0.5, 0.6) is 11.5 Å². The number of carbonyl (C=O) groups excluding carboxylic acids is 1.